The Hall–Kier alpha value is -2.08. The van der Waals surface area contributed by atoms with E-state index in [4.69, 9.17) is 0 Å². The SMILES string of the molecule is C1=CC2CC2C=C1c1ccccc1-c1ccccc1.CC.CC. The Balaban J connectivity index is 0.000000448. The van der Waals surface area contributed by atoms with Crippen LogP contribution in [0.1, 0.15) is 39.7 Å². The van der Waals surface area contributed by atoms with E-state index in [1.165, 1.54) is 28.7 Å². The first-order valence-corrected chi connectivity index (χ1v) is 8.97. The summed E-state index contributed by atoms with van der Waals surface area (Å²) in [6.45, 7) is 8.00. The van der Waals surface area contributed by atoms with Crippen molar-refractivity contribution in [1.29, 1.82) is 0 Å². The fraction of sp³-hybridized carbons (Fsp3) is 0.304. The molecular formula is C23H28. The lowest BCUT2D eigenvalue weighted by Gasteiger charge is -2.12. The van der Waals surface area contributed by atoms with Crippen molar-refractivity contribution >= 4 is 5.57 Å². The van der Waals surface area contributed by atoms with Gasteiger partial charge < -0.3 is 0 Å². The van der Waals surface area contributed by atoms with Gasteiger partial charge in [-0.25, -0.2) is 0 Å². The monoisotopic (exact) mass is 304 g/mol. The summed E-state index contributed by atoms with van der Waals surface area (Å²) in [6.07, 6.45) is 8.47. The normalized spacial score (nSPS) is 20.1. The minimum atomic E-state index is 0.795. The number of benzene rings is 2. The first-order chi connectivity index (χ1) is 11.4. The Morgan fingerprint density at radius 3 is 1.96 bits per heavy atom. The van der Waals surface area contributed by atoms with Gasteiger partial charge in [0.05, 0.1) is 0 Å². The van der Waals surface area contributed by atoms with Gasteiger partial charge in [0.2, 0.25) is 0 Å². The van der Waals surface area contributed by atoms with Crippen LogP contribution < -0.4 is 0 Å². The molecule has 0 radical (unpaired) electrons. The molecule has 0 aliphatic heterocycles. The molecule has 2 aromatic carbocycles. The molecule has 1 saturated carbocycles. The summed E-state index contributed by atoms with van der Waals surface area (Å²) in [6, 6.07) is 19.4. The predicted molar refractivity (Wildman–Crippen MR) is 103 cm³/mol. The molecule has 0 aromatic heterocycles. The van der Waals surface area contributed by atoms with E-state index >= 15 is 0 Å². The third kappa shape index (κ3) is 4.01. The maximum absolute atomic E-state index is 2.45. The van der Waals surface area contributed by atoms with Crippen LogP contribution >= 0.6 is 0 Å². The smallest absolute Gasteiger partial charge is 0.0106 e. The molecule has 0 N–H and O–H groups in total. The molecule has 0 nitrogen and oxygen atoms in total. The van der Waals surface area contributed by atoms with Crippen molar-refractivity contribution in [2.45, 2.75) is 34.1 Å². The van der Waals surface area contributed by atoms with Crippen molar-refractivity contribution < 1.29 is 0 Å². The van der Waals surface area contributed by atoms with Gasteiger partial charge in [-0.05, 0) is 40.5 Å². The highest BCUT2D eigenvalue weighted by Crippen LogP contribution is 2.46. The molecule has 0 amide bonds. The maximum Gasteiger partial charge on any atom is -0.0106 e. The molecular weight excluding hydrogens is 276 g/mol. The lowest BCUT2D eigenvalue weighted by molar-refractivity contribution is 0.985. The molecule has 0 saturated heterocycles. The fourth-order valence-electron chi connectivity index (χ4n) is 2.95. The Morgan fingerprint density at radius 1 is 0.696 bits per heavy atom. The second kappa shape index (κ2) is 8.53. The van der Waals surface area contributed by atoms with Crippen LogP contribution in [0, 0.1) is 11.8 Å². The van der Waals surface area contributed by atoms with Crippen LogP contribution in [0.4, 0.5) is 0 Å². The van der Waals surface area contributed by atoms with Gasteiger partial charge in [0, 0.05) is 0 Å². The molecule has 2 aromatic rings. The van der Waals surface area contributed by atoms with E-state index in [0.29, 0.717) is 0 Å². The highest BCUT2D eigenvalue weighted by atomic mass is 14.4. The largest absolute Gasteiger partial charge is 0.0802 e. The first-order valence-electron chi connectivity index (χ1n) is 8.97. The molecule has 23 heavy (non-hydrogen) atoms. The quantitative estimate of drug-likeness (QED) is 0.560. The van der Waals surface area contributed by atoms with E-state index in [-0.39, 0.29) is 0 Å². The number of rotatable bonds is 2. The Morgan fingerprint density at radius 2 is 1.30 bits per heavy atom. The van der Waals surface area contributed by atoms with Crippen LogP contribution in [0.15, 0.2) is 72.8 Å². The van der Waals surface area contributed by atoms with Gasteiger partial charge in [-0.1, -0.05) is 101 Å². The standard InChI is InChI=1S/C19H16.2C2H6/c1-2-6-14(7-3-1)18-8-4-5-9-19(18)16-11-10-15-12-17(15)13-16;2*1-2/h1-11,13,15,17H,12H2;2*1-2H3. The summed E-state index contributed by atoms with van der Waals surface area (Å²) in [5.41, 5.74) is 5.37. The van der Waals surface area contributed by atoms with E-state index in [1.54, 1.807) is 0 Å². The zero-order chi connectivity index (χ0) is 16.7. The van der Waals surface area contributed by atoms with Crippen molar-refractivity contribution in [2.75, 3.05) is 0 Å². The van der Waals surface area contributed by atoms with Crippen molar-refractivity contribution in [3.8, 4) is 11.1 Å². The molecule has 4 rings (SSSR count). The minimum absolute atomic E-state index is 0.795. The third-order valence-electron chi connectivity index (χ3n) is 4.13. The maximum atomic E-state index is 2.45. The lowest BCUT2D eigenvalue weighted by Crippen LogP contribution is -1.91. The summed E-state index contributed by atoms with van der Waals surface area (Å²) in [4.78, 5) is 0. The van der Waals surface area contributed by atoms with E-state index in [2.05, 4.69) is 72.8 Å². The van der Waals surface area contributed by atoms with Crippen LogP contribution in [-0.4, -0.2) is 0 Å². The van der Waals surface area contributed by atoms with Crippen LogP contribution in [0.3, 0.4) is 0 Å². The fourth-order valence-corrected chi connectivity index (χ4v) is 2.95. The summed E-state index contributed by atoms with van der Waals surface area (Å²) in [5, 5.41) is 0. The molecule has 2 aliphatic rings. The van der Waals surface area contributed by atoms with Gasteiger partial charge >= 0.3 is 0 Å². The molecule has 0 heterocycles. The van der Waals surface area contributed by atoms with Crippen LogP contribution in [0.2, 0.25) is 0 Å². The number of hydrogen-bond acceptors (Lipinski definition) is 0. The van der Waals surface area contributed by atoms with Gasteiger partial charge in [0.1, 0.15) is 0 Å². The number of fused-ring (bicyclic) bond motifs is 1. The number of allylic oxidation sites excluding steroid dienone is 4. The van der Waals surface area contributed by atoms with Gasteiger partial charge in [0.25, 0.3) is 0 Å². The van der Waals surface area contributed by atoms with Gasteiger partial charge in [-0.15, -0.1) is 0 Å². The molecule has 2 atom stereocenters. The highest BCUT2D eigenvalue weighted by Gasteiger charge is 2.35. The van der Waals surface area contributed by atoms with E-state index in [1.807, 2.05) is 27.7 Å². The average molecular weight is 304 g/mol. The van der Waals surface area contributed by atoms with E-state index < -0.39 is 0 Å². The Labute approximate surface area is 141 Å². The molecule has 120 valence electrons. The minimum Gasteiger partial charge on any atom is -0.0802 e. The zero-order valence-corrected chi connectivity index (χ0v) is 14.8. The molecule has 2 aliphatic carbocycles. The summed E-state index contributed by atoms with van der Waals surface area (Å²) in [7, 11) is 0. The summed E-state index contributed by atoms with van der Waals surface area (Å²) >= 11 is 0. The molecule has 0 heteroatoms. The Bertz CT molecular complexity index is 661. The topological polar surface area (TPSA) is 0 Å². The summed E-state index contributed by atoms with van der Waals surface area (Å²) < 4.78 is 0. The number of hydrogen-bond donors (Lipinski definition) is 0. The molecule has 1 fully saturated rings. The van der Waals surface area contributed by atoms with E-state index in [9.17, 15) is 0 Å². The summed E-state index contributed by atoms with van der Waals surface area (Å²) in [5.74, 6) is 1.62. The second-order valence-corrected chi connectivity index (χ2v) is 5.46. The van der Waals surface area contributed by atoms with Gasteiger partial charge in [0.15, 0.2) is 0 Å². The van der Waals surface area contributed by atoms with Crippen LogP contribution in [-0.2, 0) is 0 Å². The molecule has 2 unspecified atom stereocenters. The Kier molecular flexibility index (Phi) is 6.40. The van der Waals surface area contributed by atoms with Crippen LogP contribution in [0.25, 0.3) is 16.7 Å². The second-order valence-electron chi connectivity index (χ2n) is 5.46. The third-order valence-corrected chi connectivity index (χ3v) is 4.13. The van der Waals surface area contributed by atoms with E-state index in [0.717, 1.165) is 11.8 Å². The van der Waals surface area contributed by atoms with Gasteiger partial charge in [-0.3, -0.25) is 0 Å². The molecule has 0 spiro atoms. The predicted octanol–water partition coefficient (Wildman–Crippen LogP) is 7.00. The van der Waals surface area contributed by atoms with Gasteiger partial charge in [-0.2, -0.15) is 0 Å². The van der Waals surface area contributed by atoms with Crippen molar-refractivity contribution in [3.05, 3.63) is 78.4 Å². The highest BCUT2D eigenvalue weighted by molar-refractivity contribution is 5.86. The molecule has 0 bridgehead atoms. The zero-order valence-electron chi connectivity index (χ0n) is 14.8. The average Bonchev–Trinajstić information content (AvgIpc) is 3.44. The van der Waals surface area contributed by atoms with Crippen molar-refractivity contribution in [2.24, 2.45) is 11.8 Å². The first kappa shape index (κ1) is 17.3. The van der Waals surface area contributed by atoms with Crippen LogP contribution in [0.5, 0.6) is 0 Å². The lowest BCUT2D eigenvalue weighted by atomic mass is 9.92. The van der Waals surface area contributed by atoms with Crippen molar-refractivity contribution in [3.63, 3.8) is 0 Å². The van der Waals surface area contributed by atoms with Crippen molar-refractivity contribution in [1.82, 2.24) is 0 Å².